The summed E-state index contributed by atoms with van der Waals surface area (Å²) in [7, 11) is 0. The molecule has 2 aromatic rings. The maximum atomic E-state index is 12.5. The molecule has 0 N–H and O–H groups in total. The minimum Gasteiger partial charge on any atom is -0.307 e. The molecule has 3 nitrogen and oxygen atoms in total. The molecule has 22 heavy (non-hydrogen) atoms. The van der Waals surface area contributed by atoms with Crippen molar-refractivity contribution in [1.29, 1.82) is 0 Å². The van der Waals surface area contributed by atoms with E-state index in [0.29, 0.717) is 6.54 Å². The summed E-state index contributed by atoms with van der Waals surface area (Å²) in [6.07, 6.45) is 1.24. The van der Waals surface area contributed by atoms with Gasteiger partial charge in [-0.2, -0.15) is 0 Å². The molecule has 0 saturated carbocycles. The molecule has 0 atom stereocenters. The fourth-order valence-electron chi connectivity index (χ4n) is 2.52. The topological polar surface area (TPSA) is 37.4 Å². The summed E-state index contributed by atoms with van der Waals surface area (Å²) >= 11 is 0. The molecule has 3 heteroatoms. The van der Waals surface area contributed by atoms with E-state index in [2.05, 4.69) is 11.8 Å². The summed E-state index contributed by atoms with van der Waals surface area (Å²) in [5, 5.41) is 0. The third-order valence-electron chi connectivity index (χ3n) is 3.65. The van der Waals surface area contributed by atoms with Gasteiger partial charge in [0.2, 0.25) is 5.91 Å². The van der Waals surface area contributed by atoms with Crippen LogP contribution in [0.25, 0.3) is 0 Å². The van der Waals surface area contributed by atoms with Crippen LogP contribution in [0.15, 0.2) is 48.5 Å². The monoisotopic (exact) mass is 289 g/mol. The lowest BCUT2D eigenvalue weighted by Gasteiger charge is -2.25. The molecule has 1 amide bonds. The third kappa shape index (κ3) is 2.77. The number of nitrogens with zero attached hydrogens (tertiary/aromatic N) is 1. The van der Waals surface area contributed by atoms with Crippen LogP contribution in [0.1, 0.15) is 29.5 Å². The van der Waals surface area contributed by atoms with Crippen LogP contribution in [0.5, 0.6) is 0 Å². The Morgan fingerprint density at radius 1 is 1.05 bits per heavy atom. The summed E-state index contributed by atoms with van der Waals surface area (Å²) in [5.41, 5.74) is 3.59. The highest BCUT2D eigenvalue weighted by Gasteiger charge is 2.20. The molecule has 0 saturated heterocycles. The van der Waals surface area contributed by atoms with Crippen LogP contribution in [0, 0.1) is 11.8 Å². The maximum Gasteiger partial charge on any atom is 0.227 e. The average Bonchev–Trinajstić information content (AvgIpc) is 2.55. The van der Waals surface area contributed by atoms with Crippen LogP contribution in [-0.4, -0.2) is 12.2 Å². The van der Waals surface area contributed by atoms with Crippen LogP contribution in [0.4, 0.5) is 5.69 Å². The smallest absolute Gasteiger partial charge is 0.227 e. The zero-order valence-electron chi connectivity index (χ0n) is 12.1. The predicted molar refractivity (Wildman–Crippen MR) is 85.4 cm³/mol. The molecule has 1 aliphatic rings. The average molecular weight is 289 g/mol. The number of benzene rings is 2. The number of carbonyl (C=O) groups is 2. The number of aldehydes is 1. The fraction of sp³-hybridized carbons (Fsp3) is 0.158. The van der Waals surface area contributed by atoms with E-state index in [9.17, 15) is 9.59 Å². The standard InChI is InChI=1S/C19H15NO2/c21-13-5-10-19(22)20-14-17-8-2-1-6-15(17)11-12-16-7-3-4-9-18(16)20/h1-4,6-9,13H,5,10,14H2. The van der Waals surface area contributed by atoms with Crippen LogP contribution in [0.3, 0.4) is 0 Å². The van der Waals surface area contributed by atoms with Gasteiger partial charge < -0.3 is 9.69 Å². The normalized spacial score (nSPS) is 12.1. The Kier molecular flexibility index (Phi) is 4.02. The van der Waals surface area contributed by atoms with E-state index in [1.807, 2.05) is 48.5 Å². The van der Waals surface area contributed by atoms with E-state index in [1.54, 1.807) is 4.90 Å². The minimum absolute atomic E-state index is 0.0574. The summed E-state index contributed by atoms with van der Waals surface area (Å²) < 4.78 is 0. The lowest BCUT2D eigenvalue weighted by atomic mass is 10.0. The second-order valence-electron chi connectivity index (χ2n) is 5.11. The number of rotatable bonds is 3. The van der Waals surface area contributed by atoms with Gasteiger partial charge in [0.25, 0.3) is 0 Å². The predicted octanol–water partition coefficient (Wildman–Crippen LogP) is 2.91. The van der Waals surface area contributed by atoms with Gasteiger partial charge in [-0.3, -0.25) is 4.79 Å². The van der Waals surface area contributed by atoms with Crippen molar-refractivity contribution in [2.24, 2.45) is 0 Å². The molecule has 0 aromatic heterocycles. The fourth-order valence-corrected chi connectivity index (χ4v) is 2.52. The van der Waals surface area contributed by atoms with E-state index in [4.69, 9.17) is 0 Å². The molecule has 0 unspecified atom stereocenters. The lowest BCUT2D eigenvalue weighted by Crippen LogP contribution is -2.31. The maximum absolute atomic E-state index is 12.5. The second kappa shape index (κ2) is 6.28. The lowest BCUT2D eigenvalue weighted by molar-refractivity contribution is -0.120. The first-order valence-corrected chi connectivity index (χ1v) is 7.22. The summed E-state index contributed by atoms with van der Waals surface area (Å²) in [4.78, 5) is 24.8. The van der Waals surface area contributed by atoms with E-state index in [1.165, 1.54) is 0 Å². The van der Waals surface area contributed by atoms with E-state index < -0.39 is 0 Å². The largest absolute Gasteiger partial charge is 0.307 e. The highest BCUT2D eigenvalue weighted by molar-refractivity contribution is 5.95. The molecule has 0 bridgehead atoms. The van der Waals surface area contributed by atoms with Crippen LogP contribution in [0.2, 0.25) is 0 Å². The van der Waals surface area contributed by atoms with Crippen molar-refractivity contribution in [1.82, 2.24) is 0 Å². The van der Waals surface area contributed by atoms with Crippen molar-refractivity contribution in [3.63, 3.8) is 0 Å². The summed E-state index contributed by atoms with van der Waals surface area (Å²) in [5.74, 6) is 6.27. The Morgan fingerprint density at radius 3 is 2.55 bits per heavy atom. The minimum atomic E-state index is -0.0574. The van der Waals surface area contributed by atoms with E-state index >= 15 is 0 Å². The van der Waals surface area contributed by atoms with Gasteiger partial charge in [0.1, 0.15) is 6.29 Å². The number of fused-ring (bicyclic) bond motifs is 2. The molecule has 2 aromatic carbocycles. The Balaban J connectivity index is 2.09. The Hall–Kier alpha value is -2.86. The van der Waals surface area contributed by atoms with E-state index in [-0.39, 0.29) is 18.7 Å². The number of para-hydroxylation sites is 1. The highest BCUT2D eigenvalue weighted by Crippen LogP contribution is 2.25. The molecular weight excluding hydrogens is 274 g/mol. The highest BCUT2D eigenvalue weighted by atomic mass is 16.2. The van der Waals surface area contributed by atoms with Crippen molar-refractivity contribution in [2.75, 3.05) is 4.90 Å². The van der Waals surface area contributed by atoms with Gasteiger partial charge >= 0.3 is 0 Å². The van der Waals surface area contributed by atoms with Crippen molar-refractivity contribution in [2.45, 2.75) is 19.4 Å². The third-order valence-corrected chi connectivity index (χ3v) is 3.65. The number of hydrogen-bond acceptors (Lipinski definition) is 2. The molecule has 0 fully saturated rings. The van der Waals surface area contributed by atoms with Gasteiger partial charge in [0, 0.05) is 24.0 Å². The van der Waals surface area contributed by atoms with Crippen molar-refractivity contribution < 1.29 is 9.59 Å². The van der Waals surface area contributed by atoms with Crippen molar-refractivity contribution in [3.05, 3.63) is 65.2 Å². The quantitative estimate of drug-likeness (QED) is 0.643. The molecule has 0 aliphatic carbocycles. The number of hydrogen-bond donors (Lipinski definition) is 0. The van der Waals surface area contributed by atoms with Gasteiger partial charge in [-0.15, -0.1) is 0 Å². The van der Waals surface area contributed by atoms with Crippen molar-refractivity contribution in [3.8, 4) is 11.8 Å². The molecule has 0 spiro atoms. The first-order valence-electron chi connectivity index (χ1n) is 7.22. The first-order chi connectivity index (χ1) is 10.8. The second-order valence-corrected chi connectivity index (χ2v) is 5.11. The van der Waals surface area contributed by atoms with Crippen LogP contribution < -0.4 is 4.90 Å². The Bertz CT molecular complexity index is 783. The van der Waals surface area contributed by atoms with Gasteiger partial charge in [0.15, 0.2) is 0 Å². The number of carbonyl (C=O) groups excluding carboxylic acids is 2. The molecular formula is C19H15NO2. The van der Waals surface area contributed by atoms with Gasteiger partial charge in [-0.25, -0.2) is 0 Å². The Morgan fingerprint density at radius 2 is 1.73 bits per heavy atom. The van der Waals surface area contributed by atoms with Crippen LogP contribution in [-0.2, 0) is 16.1 Å². The zero-order valence-corrected chi connectivity index (χ0v) is 12.1. The van der Waals surface area contributed by atoms with Gasteiger partial charge in [-0.1, -0.05) is 42.2 Å². The summed E-state index contributed by atoms with van der Waals surface area (Å²) in [6, 6.07) is 15.5. The van der Waals surface area contributed by atoms with Crippen LogP contribution >= 0.6 is 0 Å². The van der Waals surface area contributed by atoms with Gasteiger partial charge in [0.05, 0.1) is 12.2 Å². The Labute approximate surface area is 129 Å². The van der Waals surface area contributed by atoms with Crippen molar-refractivity contribution >= 4 is 17.9 Å². The van der Waals surface area contributed by atoms with Gasteiger partial charge in [-0.05, 0) is 23.8 Å². The summed E-state index contributed by atoms with van der Waals surface area (Å²) in [6.45, 7) is 0.472. The van der Waals surface area contributed by atoms with E-state index in [0.717, 1.165) is 28.7 Å². The number of anilines is 1. The molecule has 0 radical (unpaired) electrons. The molecule has 3 rings (SSSR count). The zero-order chi connectivity index (χ0) is 15.4. The molecule has 108 valence electrons. The first kappa shape index (κ1) is 14.1. The molecule has 1 heterocycles. The molecule has 1 aliphatic heterocycles. The SMILES string of the molecule is O=CCCC(=O)N1Cc2ccccc2C#Cc2ccccc21. The number of amides is 1.